The number of benzene rings is 2. The highest BCUT2D eigenvalue weighted by atomic mass is 35.5. The quantitative estimate of drug-likeness (QED) is 0.586. The molecule has 2 heterocycles. The molecule has 0 saturated heterocycles. The minimum absolute atomic E-state index is 0.0697. The van der Waals surface area contributed by atoms with Crippen LogP contribution in [-0.2, 0) is 17.8 Å². The number of halogens is 1. The summed E-state index contributed by atoms with van der Waals surface area (Å²) < 4.78 is 6.11. The molecule has 158 valence electrons. The van der Waals surface area contributed by atoms with E-state index in [2.05, 4.69) is 5.32 Å². The van der Waals surface area contributed by atoms with Crippen molar-refractivity contribution in [1.82, 2.24) is 4.90 Å². The van der Waals surface area contributed by atoms with Crippen LogP contribution in [0.4, 0.5) is 5.69 Å². The second-order valence-electron chi connectivity index (χ2n) is 8.21. The van der Waals surface area contributed by atoms with Crippen molar-refractivity contribution in [2.24, 2.45) is 5.92 Å². The smallest absolute Gasteiger partial charge is 0.255 e. The maximum Gasteiger partial charge on any atom is 0.255 e. The van der Waals surface area contributed by atoms with E-state index in [0.717, 1.165) is 47.6 Å². The van der Waals surface area contributed by atoms with Gasteiger partial charge in [-0.3, -0.25) is 9.59 Å². The molecule has 1 aromatic heterocycles. The first-order valence-corrected chi connectivity index (χ1v) is 11.0. The van der Waals surface area contributed by atoms with Crippen LogP contribution < -0.4 is 5.32 Å². The SMILES string of the molecule is O=C(Nc1cccc(-c2cc3c(o2)CCN(C(=O)c2ccccc2Cl)C3)c1)C1CCC1. The van der Waals surface area contributed by atoms with E-state index in [0.29, 0.717) is 30.1 Å². The Kier molecular flexibility index (Phi) is 5.28. The lowest BCUT2D eigenvalue weighted by Crippen LogP contribution is -2.35. The molecule has 6 heteroatoms. The van der Waals surface area contributed by atoms with Gasteiger partial charge in [0.25, 0.3) is 5.91 Å². The van der Waals surface area contributed by atoms with Gasteiger partial charge in [0.1, 0.15) is 11.5 Å². The average molecular weight is 435 g/mol. The molecule has 1 aliphatic heterocycles. The molecular formula is C25H23ClN2O3. The van der Waals surface area contributed by atoms with Crippen molar-refractivity contribution < 1.29 is 14.0 Å². The molecule has 1 N–H and O–H groups in total. The van der Waals surface area contributed by atoms with Crippen LogP contribution in [-0.4, -0.2) is 23.3 Å². The number of hydrogen-bond acceptors (Lipinski definition) is 3. The topological polar surface area (TPSA) is 62.6 Å². The van der Waals surface area contributed by atoms with Crippen LogP contribution in [0.1, 0.15) is 40.9 Å². The minimum Gasteiger partial charge on any atom is -0.461 e. The minimum atomic E-state index is -0.0697. The van der Waals surface area contributed by atoms with Crippen LogP contribution in [0.15, 0.2) is 59.0 Å². The van der Waals surface area contributed by atoms with Gasteiger partial charge in [-0.1, -0.05) is 42.3 Å². The zero-order chi connectivity index (χ0) is 21.4. The molecule has 1 saturated carbocycles. The highest BCUT2D eigenvalue weighted by molar-refractivity contribution is 6.33. The third-order valence-electron chi connectivity index (χ3n) is 6.15. The Hall–Kier alpha value is -3.05. The van der Waals surface area contributed by atoms with Crippen LogP contribution in [0.5, 0.6) is 0 Å². The number of rotatable bonds is 4. The second-order valence-corrected chi connectivity index (χ2v) is 8.62. The van der Waals surface area contributed by atoms with Gasteiger partial charge in [0.05, 0.1) is 10.6 Å². The van der Waals surface area contributed by atoms with E-state index in [1.165, 1.54) is 0 Å². The van der Waals surface area contributed by atoms with Gasteiger partial charge in [0, 0.05) is 42.2 Å². The van der Waals surface area contributed by atoms with Gasteiger partial charge >= 0.3 is 0 Å². The van der Waals surface area contributed by atoms with Crippen molar-refractivity contribution in [2.75, 3.05) is 11.9 Å². The Morgan fingerprint density at radius 3 is 2.68 bits per heavy atom. The monoisotopic (exact) mass is 434 g/mol. The third-order valence-corrected chi connectivity index (χ3v) is 6.48. The molecule has 1 aliphatic carbocycles. The number of nitrogens with zero attached hydrogens (tertiary/aromatic N) is 1. The lowest BCUT2D eigenvalue weighted by Gasteiger charge is -2.26. The normalized spacial score (nSPS) is 15.8. The number of hydrogen-bond donors (Lipinski definition) is 1. The first kappa shape index (κ1) is 19.9. The lowest BCUT2D eigenvalue weighted by molar-refractivity contribution is -0.122. The summed E-state index contributed by atoms with van der Waals surface area (Å²) in [4.78, 5) is 27.0. The number of amides is 2. The van der Waals surface area contributed by atoms with Gasteiger partial charge in [-0.05, 0) is 43.2 Å². The first-order valence-electron chi connectivity index (χ1n) is 10.6. The fourth-order valence-electron chi connectivity index (χ4n) is 4.12. The highest BCUT2D eigenvalue weighted by Crippen LogP contribution is 2.32. The van der Waals surface area contributed by atoms with E-state index < -0.39 is 0 Å². The molecule has 1 fully saturated rings. The average Bonchev–Trinajstić information content (AvgIpc) is 3.16. The largest absolute Gasteiger partial charge is 0.461 e. The van der Waals surface area contributed by atoms with Gasteiger partial charge in [0.2, 0.25) is 5.91 Å². The summed E-state index contributed by atoms with van der Waals surface area (Å²) in [6, 6.07) is 16.8. The molecule has 0 unspecified atom stereocenters. The number of anilines is 1. The van der Waals surface area contributed by atoms with Crippen LogP contribution in [0.2, 0.25) is 5.02 Å². The number of nitrogens with one attached hydrogen (secondary N) is 1. The molecule has 31 heavy (non-hydrogen) atoms. The van der Waals surface area contributed by atoms with Gasteiger partial charge in [-0.25, -0.2) is 0 Å². The van der Waals surface area contributed by atoms with E-state index in [1.807, 2.05) is 42.5 Å². The Morgan fingerprint density at radius 1 is 1.06 bits per heavy atom. The van der Waals surface area contributed by atoms with E-state index in [9.17, 15) is 9.59 Å². The molecular weight excluding hydrogens is 412 g/mol. The summed E-state index contributed by atoms with van der Waals surface area (Å²) in [5.74, 6) is 1.82. The maximum atomic E-state index is 12.9. The molecule has 0 bridgehead atoms. The molecule has 0 spiro atoms. The van der Waals surface area contributed by atoms with Crippen molar-refractivity contribution in [3.8, 4) is 11.3 Å². The summed E-state index contributed by atoms with van der Waals surface area (Å²) in [7, 11) is 0. The van der Waals surface area contributed by atoms with Gasteiger partial charge in [-0.2, -0.15) is 0 Å². The number of carbonyl (C=O) groups is 2. The lowest BCUT2D eigenvalue weighted by atomic mass is 9.85. The fourth-order valence-corrected chi connectivity index (χ4v) is 4.34. The second kappa shape index (κ2) is 8.23. The Bertz CT molecular complexity index is 1150. The molecule has 2 amide bonds. The van der Waals surface area contributed by atoms with E-state index in [1.54, 1.807) is 17.0 Å². The van der Waals surface area contributed by atoms with Crippen LogP contribution >= 0.6 is 11.6 Å². The third kappa shape index (κ3) is 3.98. The van der Waals surface area contributed by atoms with Crippen LogP contribution in [0.25, 0.3) is 11.3 Å². The van der Waals surface area contributed by atoms with Crippen LogP contribution in [0, 0.1) is 5.92 Å². The molecule has 3 aromatic rings. The molecule has 0 atom stereocenters. The van der Waals surface area contributed by atoms with Gasteiger partial charge in [-0.15, -0.1) is 0 Å². The van der Waals surface area contributed by atoms with Crippen molar-refractivity contribution in [1.29, 1.82) is 0 Å². The zero-order valence-electron chi connectivity index (χ0n) is 17.1. The predicted molar refractivity (Wildman–Crippen MR) is 120 cm³/mol. The first-order chi connectivity index (χ1) is 15.1. The summed E-state index contributed by atoms with van der Waals surface area (Å²) in [5, 5.41) is 3.48. The van der Waals surface area contributed by atoms with Crippen molar-refractivity contribution in [3.05, 3.63) is 76.5 Å². The van der Waals surface area contributed by atoms with Gasteiger partial charge in [0.15, 0.2) is 0 Å². The molecule has 5 rings (SSSR count). The van der Waals surface area contributed by atoms with E-state index in [-0.39, 0.29) is 17.7 Å². The van der Waals surface area contributed by atoms with Crippen molar-refractivity contribution >= 4 is 29.1 Å². The van der Waals surface area contributed by atoms with Gasteiger partial charge < -0.3 is 14.6 Å². The van der Waals surface area contributed by atoms with Crippen LogP contribution in [0.3, 0.4) is 0 Å². The van der Waals surface area contributed by atoms with Crippen molar-refractivity contribution in [3.63, 3.8) is 0 Å². The molecule has 5 nitrogen and oxygen atoms in total. The van der Waals surface area contributed by atoms with E-state index >= 15 is 0 Å². The number of fused-ring (bicyclic) bond motifs is 1. The van der Waals surface area contributed by atoms with E-state index in [4.69, 9.17) is 16.0 Å². The summed E-state index contributed by atoms with van der Waals surface area (Å²) >= 11 is 6.21. The highest BCUT2D eigenvalue weighted by Gasteiger charge is 2.27. The number of carbonyl (C=O) groups excluding carboxylic acids is 2. The molecule has 2 aliphatic rings. The Labute approximate surface area is 186 Å². The maximum absolute atomic E-state index is 12.9. The predicted octanol–water partition coefficient (Wildman–Crippen LogP) is 5.54. The molecule has 0 radical (unpaired) electrons. The Morgan fingerprint density at radius 2 is 1.90 bits per heavy atom. The molecule has 2 aromatic carbocycles. The Balaban J connectivity index is 1.33. The summed E-state index contributed by atoms with van der Waals surface area (Å²) in [6.45, 7) is 1.07. The zero-order valence-corrected chi connectivity index (χ0v) is 17.8. The van der Waals surface area contributed by atoms with Crippen molar-refractivity contribution in [2.45, 2.75) is 32.2 Å². The number of furan rings is 1. The summed E-state index contributed by atoms with van der Waals surface area (Å²) in [5.41, 5.74) is 3.21. The fraction of sp³-hybridized carbons (Fsp3) is 0.280. The standard InChI is InChI=1S/C25H23ClN2O3/c26-21-10-2-1-9-20(21)25(30)28-12-11-22-18(15-28)14-23(31-22)17-7-4-8-19(13-17)27-24(29)16-5-3-6-16/h1-2,4,7-10,13-14,16H,3,5-6,11-12,15H2,(H,27,29). The summed E-state index contributed by atoms with van der Waals surface area (Å²) in [6.07, 6.45) is 3.73.